The third-order valence-electron chi connectivity index (χ3n) is 2.22. The predicted octanol–water partition coefficient (Wildman–Crippen LogP) is 1.88. The summed E-state index contributed by atoms with van der Waals surface area (Å²) in [6.45, 7) is 7.29. The highest BCUT2D eigenvalue weighted by molar-refractivity contribution is 4.74. The van der Waals surface area contributed by atoms with Crippen molar-refractivity contribution >= 4 is 0 Å². The van der Waals surface area contributed by atoms with Crippen LogP contribution in [0.5, 0.6) is 0 Å². The van der Waals surface area contributed by atoms with Crippen LogP contribution in [0.15, 0.2) is 0 Å². The summed E-state index contributed by atoms with van der Waals surface area (Å²) < 4.78 is 0. The quantitative estimate of drug-likeness (QED) is 0.559. The molecule has 1 fully saturated rings. The molecule has 1 nitrogen and oxygen atoms in total. The van der Waals surface area contributed by atoms with E-state index in [0.29, 0.717) is 0 Å². The van der Waals surface area contributed by atoms with Crippen molar-refractivity contribution in [3.05, 3.63) is 0 Å². The Labute approximate surface area is 58.0 Å². The van der Waals surface area contributed by atoms with Crippen LogP contribution in [-0.4, -0.2) is 24.0 Å². The number of rotatable bonds is 3. The molecule has 1 heterocycles. The normalized spacial score (nSPS) is 23.3. The Morgan fingerprint density at radius 1 is 1.44 bits per heavy atom. The molecule has 1 atom stereocenters. The lowest BCUT2D eigenvalue weighted by molar-refractivity contribution is 0.122. The van der Waals surface area contributed by atoms with Gasteiger partial charge in [0.05, 0.1) is 0 Å². The maximum Gasteiger partial charge on any atom is 0.00668 e. The Morgan fingerprint density at radius 2 is 2.11 bits per heavy atom. The maximum absolute atomic E-state index is 2.56. The first-order chi connectivity index (χ1) is 4.34. The van der Waals surface area contributed by atoms with Crippen molar-refractivity contribution in [1.29, 1.82) is 0 Å². The summed E-state index contributed by atoms with van der Waals surface area (Å²) in [5, 5.41) is 0. The van der Waals surface area contributed by atoms with E-state index in [1.165, 1.54) is 32.4 Å². The Hall–Kier alpha value is -0.0400. The molecule has 0 aromatic rings. The maximum atomic E-state index is 2.56. The van der Waals surface area contributed by atoms with Gasteiger partial charge in [-0.1, -0.05) is 13.3 Å². The van der Waals surface area contributed by atoms with Gasteiger partial charge in [0.25, 0.3) is 0 Å². The van der Waals surface area contributed by atoms with E-state index in [0.717, 1.165) is 6.04 Å². The molecule has 0 N–H and O–H groups in total. The molecule has 0 radical (unpaired) electrons. The van der Waals surface area contributed by atoms with Crippen molar-refractivity contribution in [3.63, 3.8) is 0 Å². The van der Waals surface area contributed by atoms with Crippen LogP contribution in [0.1, 0.15) is 33.1 Å². The van der Waals surface area contributed by atoms with Gasteiger partial charge in [-0.3, -0.25) is 0 Å². The second kappa shape index (κ2) is 3.21. The minimum Gasteiger partial charge on any atom is -0.301 e. The van der Waals surface area contributed by atoms with Gasteiger partial charge in [-0.2, -0.15) is 0 Å². The molecule has 0 amide bonds. The third kappa shape index (κ3) is 1.68. The average Bonchev–Trinajstić information content (AvgIpc) is 1.60. The number of hydrogen-bond donors (Lipinski definition) is 0. The van der Waals surface area contributed by atoms with Crippen LogP contribution in [0.3, 0.4) is 0 Å². The molecule has 1 aliphatic heterocycles. The summed E-state index contributed by atoms with van der Waals surface area (Å²) in [5.74, 6) is 0. The molecule has 0 saturated carbocycles. The van der Waals surface area contributed by atoms with Crippen LogP contribution < -0.4 is 0 Å². The molecule has 1 saturated heterocycles. The van der Waals surface area contributed by atoms with Crippen LogP contribution in [0.2, 0.25) is 0 Å². The summed E-state index contributed by atoms with van der Waals surface area (Å²) in [6.07, 6.45) is 4.13. The summed E-state index contributed by atoms with van der Waals surface area (Å²) >= 11 is 0. The molecule has 9 heavy (non-hydrogen) atoms. The Bertz CT molecular complexity index is 76.6. The summed E-state index contributed by atoms with van der Waals surface area (Å²) in [4.78, 5) is 2.56. The van der Waals surface area contributed by atoms with Crippen LogP contribution in [-0.2, 0) is 0 Å². The van der Waals surface area contributed by atoms with Crippen LogP contribution >= 0.6 is 0 Å². The summed E-state index contributed by atoms with van der Waals surface area (Å²) in [5.41, 5.74) is 0. The number of likely N-dealkylation sites (tertiary alicyclic amines) is 1. The standard InChI is InChI=1S/C8H17N/c1-3-5-8(2)9-6-4-7-9/h8H,3-7H2,1-2H3. The lowest BCUT2D eigenvalue weighted by Crippen LogP contribution is -2.43. The minimum absolute atomic E-state index is 0.851. The van der Waals surface area contributed by atoms with Crippen molar-refractivity contribution in [2.24, 2.45) is 0 Å². The van der Waals surface area contributed by atoms with E-state index >= 15 is 0 Å². The molecular formula is C8H17N. The zero-order chi connectivity index (χ0) is 6.69. The molecule has 0 aliphatic carbocycles. The average molecular weight is 127 g/mol. The Balaban J connectivity index is 2.08. The molecule has 0 aromatic carbocycles. The first-order valence-corrected chi connectivity index (χ1v) is 4.08. The largest absolute Gasteiger partial charge is 0.301 e. The van der Waals surface area contributed by atoms with Crippen molar-refractivity contribution < 1.29 is 0 Å². The molecule has 0 aromatic heterocycles. The highest BCUT2D eigenvalue weighted by atomic mass is 15.2. The number of nitrogens with zero attached hydrogens (tertiary/aromatic N) is 1. The zero-order valence-corrected chi connectivity index (χ0v) is 6.56. The highest BCUT2D eigenvalue weighted by Crippen LogP contribution is 2.13. The fourth-order valence-corrected chi connectivity index (χ4v) is 1.38. The molecule has 1 heteroatoms. The van der Waals surface area contributed by atoms with Gasteiger partial charge in [0.2, 0.25) is 0 Å². The topological polar surface area (TPSA) is 3.24 Å². The van der Waals surface area contributed by atoms with Gasteiger partial charge < -0.3 is 4.90 Å². The second-order valence-electron chi connectivity index (χ2n) is 3.03. The summed E-state index contributed by atoms with van der Waals surface area (Å²) in [6, 6.07) is 0.851. The third-order valence-corrected chi connectivity index (χ3v) is 2.22. The van der Waals surface area contributed by atoms with Gasteiger partial charge in [-0.25, -0.2) is 0 Å². The van der Waals surface area contributed by atoms with Crippen LogP contribution in [0, 0.1) is 0 Å². The van der Waals surface area contributed by atoms with Gasteiger partial charge in [0.1, 0.15) is 0 Å². The van der Waals surface area contributed by atoms with E-state index in [4.69, 9.17) is 0 Å². The predicted molar refractivity (Wildman–Crippen MR) is 40.6 cm³/mol. The fraction of sp³-hybridized carbons (Fsp3) is 1.00. The molecule has 0 spiro atoms. The molecule has 1 unspecified atom stereocenters. The van der Waals surface area contributed by atoms with Crippen molar-refractivity contribution in [2.75, 3.05) is 13.1 Å². The van der Waals surface area contributed by atoms with Gasteiger partial charge in [-0.15, -0.1) is 0 Å². The molecule has 1 rings (SSSR count). The second-order valence-corrected chi connectivity index (χ2v) is 3.03. The SMILES string of the molecule is CCCC(C)N1CCC1. The van der Waals surface area contributed by atoms with E-state index in [-0.39, 0.29) is 0 Å². The summed E-state index contributed by atoms with van der Waals surface area (Å²) in [7, 11) is 0. The fourth-order valence-electron chi connectivity index (χ4n) is 1.38. The Kier molecular flexibility index (Phi) is 2.52. The monoisotopic (exact) mass is 127 g/mol. The lowest BCUT2D eigenvalue weighted by Gasteiger charge is -2.36. The van der Waals surface area contributed by atoms with E-state index < -0.39 is 0 Å². The molecular weight excluding hydrogens is 110 g/mol. The van der Waals surface area contributed by atoms with Gasteiger partial charge in [-0.05, 0) is 32.9 Å². The first-order valence-electron chi connectivity index (χ1n) is 4.08. The van der Waals surface area contributed by atoms with Crippen molar-refractivity contribution in [3.8, 4) is 0 Å². The Morgan fingerprint density at radius 3 is 2.44 bits per heavy atom. The molecule has 1 aliphatic rings. The lowest BCUT2D eigenvalue weighted by atomic mass is 10.1. The van der Waals surface area contributed by atoms with Gasteiger partial charge in [0.15, 0.2) is 0 Å². The number of hydrogen-bond acceptors (Lipinski definition) is 1. The highest BCUT2D eigenvalue weighted by Gasteiger charge is 2.18. The zero-order valence-electron chi connectivity index (χ0n) is 6.56. The van der Waals surface area contributed by atoms with Crippen LogP contribution in [0.25, 0.3) is 0 Å². The van der Waals surface area contributed by atoms with E-state index in [9.17, 15) is 0 Å². The van der Waals surface area contributed by atoms with E-state index in [1.54, 1.807) is 0 Å². The van der Waals surface area contributed by atoms with Crippen LogP contribution in [0.4, 0.5) is 0 Å². The molecule has 0 bridgehead atoms. The van der Waals surface area contributed by atoms with E-state index in [2.05, 4.69) is 18.7 Å². The minimum atomic E-state index is 0.851. The molecule has 54 valence electrons. The van der Waals surface area contributed by atoms with Gasteiger partial charge in [0, 0.05) is 6.04 Å². The van der Waals surface area contributed by atoms with Crippen molar-refractivity contribution in [1.82, 2.24) is 4.90 Å². The van der Waals surface area contributed by atoms with Gasteiger partial charge >= 0.3 is 0 Å². The smallest absolute Gasteiger partial charge is 0.00668 e. The van der Waals surface area contributed by atoms with E-state index in [1.807, 2.05) is 0 Å². The van der Waals surface area contributed by atoms with Crippen molar-refractivity contribution in [2.45, 2.75) is 39.2 Å². The first kappa shape index (κ1) is 7.07.